The summed E-state index contributed by atoms with van der Waals surface area (Å²) < 4.78 is 0. The second kappa shape index (κ2) is 3.28. The molecule has 1 aliphatic carbocycles. The fraction of sp³-hybridized carbons (Fsp3) is 0.500. The van der Waals surface area contributed by atoms with Crippen molar-refractivity contribution in [3.05, 3.63) is 36.7 Å². The third kappa shape index (κ3) is 1.22. The highest BCUT2D eigenvalue weighted by Gasteiger charge is 2.45. The van der Waals surface area contributed by atoms with E-state index in [9.17, 15) is 0 Å². The molecule has 0 saturated heterocycles. The first-order valence-electron chi connectivity index (χ1n) is 5.20. The molecule has 0 radical (unpaired) electrons. The van der Waals surface area contributed by atoms with E-state index >= 15 is 0 Å². The number of nitrogens with zero attached hydrogens (tertiary/aromatic N) is 1. The molecule has 1 saturated carbocycles. The van der Waals surface area contributed by atoms with Crippen molar-refractivity contribution in [2.75, 3.05) is 0 Å². The second-order valence-electron chi connectivity index (χ2n) is 4.39. The van der Waals surface area contributed by atoms with Gasteiger partial charge >= 0.3 is 0 Å². The van der Waals surface area contributed by atoms with Crippen LogP contribution in [0.3, 0.4) is 0 Å². The van der Waals surface area contributed by atoms with Crippen molar-refractivity contribution in [3.8, 4) is 0 Å². The molecule has 2 rings (SSSR count). The van der Waals surface area contributed by atoms with Gasteiger partial charge in [0.25, 0.3) is 0 Å². The first-order valence-corrected chi connectivity index (χ1v) is 5.20. The summed E-state index contributed by atoms with van der Waals surface area (Å²) >= 11 is 0. The molecule has 2 nitrogen and oxygen atoms in total. The topological polar surface area (TPSA) is 29.3 Å². The molecule has 76 valence electrons. The fourth-order valence-electron chi connectivity index (χ4n) is 2.40. The minimum atomic E-state index is 0.276. The highest BCUT2D eigenvalue weighted by Crippen LogP contribution is 2.38. The fourth-order valence-corrected chi connectivity index (χ4v) is 2.40. The summed E-state index contributed by atoms with van der Waals surface area (Å²) in [5.41, 5.74) is 7.16. The van der Waals surface area contributed by atoms with E-state index in [0.717, 1.165) is 5.70 Å². The summed E-state index contributed by atoms with van der Waals surface area (Å²) in [6, 6.07) is 0.705. The van der Waals surface area contributed by atoms with E-state index in [0.29, 0.717) is 17.9 Å². The Balaban J connectivity index is 2.13. The largest absolute Gasteiger partial charge is 0.344 e. The zero-order valence-electron chi connectivity index (χ0n) is 8.85. The van der Waals surface area contributed by atoms with E-state index in [4.69, 9.17) is 5.73 Å². The molecule has 0 aromatic carbocycles. The minimum absolute atomic E-state index is 0.276. The highest BCUT2D eigenvalue weighted by molar-refractivity contribution is 5.28. The molecule has 1 heterocycles. The summed E-state index contributed by atoms with van der Waals surface area (Å²) in [6.45, 7) is 8.51. The lowest BCUT2D eigenvalue weighted by Gasteiger charge is -2.52. The number of hydrogen-bond donors (Lipinski definition) is 1. The molecule has 2 aliphatic rings. The first-order chi connectivity index (χ1) is 6.63. The van der Waals surface area contributed by atoms with Gasteiger partial charge in [-0.1, -0.05) is 26.5 Å². The Kier molecular flexibility index (Phi) is 2.23. The Hall–Kier alpha value is -1.02. The summed E-state index contributed by atoms with van der Waals surface area (Å²) in [5, 5.41) is 0. The Morgan fingerprint density at radius 3 is 2.57 bits per heavy atom. The van der Waals surface area contributed by atoms with Gasteiger partial charge in [-0.25, -0.2) is 0 Å². The van der Waals surface area contributed by atoms with Gasteiger partial charge in [0.2, 0.25) is 0 Å². The summed E-state index contributed by atoms with van der Waals surface area (Å²) in [5.74, 6) is 1.27. The van der Waals surface area contributed by atoms with E-state index in [1.54, 1.807) is 0 Å². The van der Waals surface area contributed by atoms with Crippen LogP contribution in [-0.2, 0) is 0 Å². The predicted octanol–water partition coefficient (Wildman–Crippen LogP) is 1.87. The third-order valence-electron chi connectivity index (χ3n) is 3.67. The van der Waals surface area contributed by atoms with Gasteiger partial charge in [0.05, 0.1) is 6.04 Å². The van der Waals surface area contributed by atoms with Crippen LogP contribution in [0.2, 0.25) is 0 Å². The molecule has 14 heavy (non-hydrogen) atoms. The second-order valence-corrected chi connectivity index (χ2v) is 4.39. The zero-order valence-corrected chi connectivity index (χ0v) is 8.85. The molecule has 1 aliphatic heterocycles. The average Bonchev–Trinajstić information content (AvgIpc) is 2.21. The lowest BCUT2D eigenvalue weighted by molar-refractivity contribution is 0.0443. The maximum absolute atomic E-state index is 6.11. The normalized spacial score (nSPS) is 41.4. The Morgan fingerprint density at radius 1 is 1.29 bits per heavy atom. The SMILES string of the molecule is C=C1C=CC=CN1C1C(C)C(C)C1N. The molecule has 0 bridgehead atoms. The van der Waals surface area contributed by atoms with Crippen molar-refractivity contribution in [2.24, 2.45) is 17.6 Å². The predicted molar refractivity (Wildman–Crippen MR) is 59.4 cm³/mol. The monoisotopic (exact) mass is 190 g/mol. The maximum Gasteiger partial charge on any atom is 0.0518 e. The van der Waals surface area contributed by atoms with Crippen molar-refractivity contribution >= 4 is 0 Å². The van der Waals surface area contributed by atoms with Crippen LogP contribution in [-0.4, -0.2) is 17.0 Å². The van der Waals surface area contributed by atoms with Crippen LogP contribution >= 0.6 is 0 Å². The van der Waals surface area contributed by atoms with Crippen LogP contribution in [0.1, 0.15) is 13.8 Å². The van der Waals surface area contributed by atoms with E-state index in [1.807, 2.05) is 18.2 Å². The summed E-state index contributed by atoms with van der Waals surface area (Å²) in [7, 11) is 0. The van der Waals surface area contributed by atoms with Crippen LogP contribution in [0.15, 0.2) is 36.7 Å². The first kappa shape index (κ1) is 9.53. The molecule has 0 spiro atoms. The van der Waals surface area contributed by atoms with E-state index < -0.39 is 0 Å². The lowest BCUT2D eigenvalue weighted by Crippen LogP contribution is -2.64. The Morgan fingerprint density at radius 2 is 2.00 bits per heavy atom. The molecule has 1 fully saturated rings. The van der Waals surface area contributed by atoms with Crippen LogP contribution in [0, 0.1) is 11.8 Å². The van der Waals surface area contributed by atoms with E-state index in [1.165, 1.54) is 0 Å². The standard InChI is InChI=1S/C12H18N2/c1-8-6-4-5-7-14(8)12-10(3)9(2)11(12)13/h4-7,9-12H,1,13H2,2-3H3. The minimum Gasteiger partial charge on any atom is -0.344 e. The van der Waals surface area contributed by atoms with E-state index in [-0.39, 0.29) is 6.04 Å². The molecular formula is C12H18N2. The third-order valence-corrected chi connectivity index (χ3v) is 3.67. The molecule has 2 heteroatoms. The van der Waals surface area contributed by atoms with Crippen LogP contribution in [0.5, 0.6) is 0 Å². The zero-order chi connectivity index (χ0) is 10.3. The number of hydrogen-bond acceptors (Lipinski definition) is 2. The smallest absolute Gasteiger partial charge is 0.0518 e. The maximum atomic E-state index is 6.11. The lowest BCUT2D eigenvalue weighted by atomic mass is 9.66. The van der Waals surface area contributed by atoms with Crippen molar-refractivity contribution in [2.45, 2.75) is 25.9 Å². The number of nitrogens with two attached hydrogens (primary N) is 1. The molecule has 4 atom stereocenters. The van der Waals surface area contributed by atoms with Crippen molar-refractivity contribution in [1.29, 1.82) is 0 Å². The summed E-state index contributed by atoms with van der Waals surface area (Å²) in [6.07, 6.45) is 8.16. The molecule has 0 amide bonds. The Labute approximate surface area is 85.8 Å². The molecule has 0 aromatic heterocycles. The Bertz CT molecular complexity index is 293. The van der Waals surface area contributed by atoms with Crippen molar-refractivity contribution in [1.82, 2.24) is 4.90 Å². The van der Waals surface area contributed by atoms with Crippen LogP contribution in [0.4, 0.5) is 0 Å². The van der Waals surface area contributed by atoms with Crippen LogP contribution < -0.4 is 5.73 Å². The van der Waals surface area contributed by atoms with Gasteiger partial charge in [-0.15, -0.1) is 0 Å². The molecular weight excluding hydrogens is 172 g/mol. The van der Waals surface area contributed by atoms with Gasteiger partial charge in [0.15, 0.2) is 0 Å². The average molecular weight is 190 g/mol. The van der Waals surface area contributed by atoms with Gasteiger partial charge in [0, 0.05) is 17.9 Å². The van der Waals surface area contributed by atoms with Gasteiger partial charge < -0.3 is 10.6 Å². The van der Waals surface area contributed by atoms with E-state index in [2.05, 4.69) is 31.5 Å². The van der Waals surface area contributed by atoms with Gasteiger partial charge in [-0.05, 0) is 24.0 Å². The highest BCUT2D eigenvalue weighted by atomic mass is 15.2. The van der Waals surface area contributed by atoms with Gasteiger partial charge in [0.1, 0.15) is 0 Å². The molecule has 0 aromatic rings. The van der Waals surface area contributed by atoms with Gasteiger partial charge in [-0.2, -0.15) is 0 Å². The van der Waals surface area contributed by atoms with Crippen molar-refractivity contribution in [3.63, 3.8) is 0 Å². The molecule has 4 unspecified atom stereocenters. The number of rotatable bonds is 1. The summed E-state index contributed by atoms with van der Waals surface area (Å²) in [4.78, 5) is 2.20. The number of allylic oxidation sites excluding steroid dienone is 3. The molecule has 2 N–H and O–H groups in total. The van der Waals surface area contributed by atoms with Crippen molar-refractivity contribution < 1.29 is 0 Å². The van der Waals surface area contributed by atoms with Crippen LogP contribution in [0.25, 0.3) is 0 Å². The van der Waals surface area contributed by atoms with Gasteiger partial charge in [-0.3, -0.25) is 0 Å². The quantitative estimate of drug-likeness (QED) is 0.684.